The number of carbonyl (C=O) groups is 1. The molecular weight excluding hydrogens is 495 g/mol. The minimum Gasteiger partial charge on any atom is -0.284 e. The topological polar surface area (TPSA) is 47.9 Å². The molecule has 0 bridgehead atoms. The molecule has 1 unspecified atom stereocenters. The van der Waals surface area contributed by atoms with Crippen LogP contribution in [0.2, 0.25) is 10.0 Å². The predicted molar refractivity (Wildman–Crippen MR) is 126 cm³/mol. The Bertz CT molecular complexity index is 859. The number of piperidine rings is 1. The molecule has 3 atom stereocenters. The first-order valence-electron chi connectivity index (χ1n) is 9.83. The quantitative estimate of drug-likeness (QED) is 0.578. The van der Waals surface area contributed by atoms with Crippen molar-refractivity contribution in [3.63, 3.8) is 0 Å². The number of amides is 1. The molecule has 1 N–H and O–H groups in total. The first kappa shape index (κ1) is 21.5. The number of hydrazine groups is 1. The van der Waals surface area contributed by atoms with Crippen LogP contribution in [0.3, 0.4) is 0 Å². The highest BCUT2D eigenvalue weighted by atomic mass is 79.9. The highest BCUT2D eigenvalue weighted by Crippen LogP contribution is 2.44. The molecule has 0 radical (unpaired) electrons. The Kier molecular flexibility index (Phi) is 6.81. The Morgan fingerprint density at radius 3 is 2.69 bits per heavy atom. The van der Waals surface area contributed by atoms with E-state index in [0.29, 0.717) is 15.8 Å². The normalized spacial score (nSPS) is 27.7. The number of anilines is 1. The van der Waals surface area contributed by atoms with Gasteiger partial charge in [-0.1, -0.05) is 52.5 Å². The molecule has 0 saturated carbocycles. The fourth-order valence-corrected chi connectivity index (χ4v) is 6.71. The van der Waals surface area contributed by atoms with Crippen molar-refractivity contribution in [2.24, 2.45) is 11.0 Å². The van der Waals surface area contributed by atoms with E-state index in [2.05, 4.69) is 33.7 Å². The number of benzene rings is 1. The van der Waals surface area contributed by atoms with Gasteiger partial charge in [-0.25, -0.2) is 5.01 Å². The summed E-state index contributed by atoms with van der Waals surface area (Å²) >= 11 is 18.0. The maximum absolute atomic E-state index is 13.1. The summed E-state index contributed by atoms with van der Waals surface area (Å²) in [5.41, 5.74) is 4.39. The van der Waals surface area contributed by atoms with E-state index in [1.165, 1.54) is 10.9 Å². The number of hydrogen-bond donors (Lipinski definition) is 1. The lowest BCUT2D eigenvalue weighted by molar-refractivity contribution is -0.120. The van der Waals surface area contributed by atoms with Crippen molar-refractivity contribution in [3.05, 3.63) is 38.1 Å². The molecule has 3 heterocycles. The zero-order valence-corrected chi connectivity index (χ0v) is 20.0. The monoisotopic (exact) mass is 516 g/mol. The Balaban J connectivity index is 1.62. The van der Waals surface area contributed by atoms with Gasteiger partial charge in [0.15, 0.2) is 0 Å². The van der Waals surface area contributed by atoms with Crippen LogP contribution in [0.1, 0.15) is 32.6 Å². The van der Waals surface area contributed by atoms with Crippen molar-refractivity contribution >= 4 is 68.2 Å². The Morgan fingerprint density at radius 1 is 1.28 bits per heavy atom. The molecule has 0 aliphatic carbocycles. The molecule has 4 rings (SSSR count). The molecule has 1 aromatic carbocycles. The minimum absolute atomic E-state index is 0.0204. The lowest BCUT2D eigenvalue weighted by Gasteiger charge is -2.31. The van der Waals surface area contributed by atoms with E-state index >= 15 is 0 Å². The zero-order chi connectivity index (χ0) is 20.5. The number of nitrogens with zero attached hydrogens (tertiary/aromatic N) is 3. The number of carbonyl (C=O) groups excluding carboxylic acids is 1. The Hall–Kier alpha value is -0.730. The van der Waals surface area contributed by atoms with Gasteiger partial charge in [0.05, 0.1) is 16.8 Å². The average molecular weight is 518 g/mol. The maximum atomic E-state index is 13.1. The van der Waals surface area contributed by atoms with E-state index in [9.17, 15) is 4.79 Å². The smallest absolute Gasteiger partial charge is 0.282 e. The second-order valence-electron chi connectivity index (χ2n) is 7.64. The van der Waals surface area contributed by atoms with Gasteiger partial charge in [-0.05, 0) is 42.9 Å². The van der Waals surface area contributed by atoms with Gasteiger partial charge in [0.2, 0.25) is 0 Å². The van der Waals surface area contributed by atoms with Gasteiger partial charge < -0.3 is 0 Å². The Morgan fingerprint density at radius 2 is 2.03 bits per heavy atom. The van der Waals surface area contributed by atoms with Crippen LogP contribution < -0.4 is 10.4 Å². The van der Waals surface area contributed by atoms with Crippen LogP contribution in [0.5, 0.6) is 0 Å². The molecule has 3 aliphatic rings. The van der Waals surface area contributed by atoms with Crippen molar-refractivity contribution in [1.82, 2.24) is 10.4 Å². The van der Waals surface area contributed by atoms with Gasteiger partial charge in [0.25, 0.3) is 5.91 Å². The largest absolute Gasteiger partial charge is 0.284 e. The molecule has 1 aromatic rings. The van der Waals surface area contributed by atoms with Crippen LogP contribution in [0.4, 0.5) is 5.69 Å². The highest BCUT2D eigenvalue weighted by molar-refractivity contribution is 9.11. The summed E-state index contributed by atoms with van der Waals surface area (Å²) < 4.78 is 1.17. The fourth-order valence-electron chi connectivity index (χ4n) is 4.12. The molecule has 1 saturated heterocycles. The summed E-state index contributed by atoms with van der Waals surface area (Å²) in [6, 6.07) is 5.42. The van der Waals surface area contributed by atoms with Crippen molar-refractivity contribution in [1.29, 1.82) is 0 Å². The molecule has 5 nitrogen and oxygen atoms in total. The summed E-state index contributed by atoms with van der Waals surface area (Å²) in [4.78, 5) is 13.1. The first-order chi connectivity index (χ1) is 13.9. The second-order valence-corrected chi connectivity index (χ2v) is 10.6. The molecule has 29 heavy (non-hydrogen) atoms. The van der Waals surface area contributed by atoms with E-state index < -0.39 is 0 Å². The van der Waals surface area contributed by atoms with Crippen molar-refractivity contribution < 1.29 is 4.79 Å². The standard InChI is InChI=1S/C20H23BrCl2N4OS/c1-12-18(20(28)25-26-7-3-2-4-8-26)24-27(16-6-5-14(22)10-15(16)23)19(12)17-9-13(21)11-29-17/h5-6,10-12,17,19H,2-4,7-9H2,1H3,(H,25,28)/t12-,17?,19-/m0/s1. The molecule has 3 aliphatic heterocycles. The number of hydrazone groups is 1. The van der Waals surface area contributed by atoms with Gasteiger partial charge in [-0.15, -0.1) is 11.8 Å². The SMILES string of the molecule is C[C@H]1C(C(=O)NN2CCCCC2)=NN(c2ccc(Cl)cc2Cl)[C@@H]1C1CC(Br)=CS1. The van der Waals surface area contributed by atoms with Gasteiger partial charge >= 0.3 is 0 Å². The highest BCUT2D eigenvalue weighted by Gasteiger charge is 2.44. The summed E-state index contributed by atoms with van der Waals surface area (Å²) in [5.74, 6) is -0.150. The van der Waals surface area contributed by atoms with E-state index in [1.807, 2.05) is 22.2 Å². The van der Waals surface area contributed by atoms with Crippen LogP contribution >= 0.6 is 50.9 Å². The third kappa shape index (κ3) is 4.64. The van der Waals surface area contributed by atoms with E-state index in [4.69, 9.17) is 28.3 Å². The van der Waals surface area contributed by atoms with Gasteiger partial charge in [-0.3, -0.25) is 15.2 Å². The zero-order valence-electron chi connectivity index (χ0n) is 16.1. The van der Waals surface area contributed by atoms with Crippen LogP contribution in [-0.4, -0.2) is 41.0 Å². The summed E-state index contributed by atoms with van der Waals surface area (Å²) in [7, 11) is 0. The fraction of sp³-hybridized carbons (Fsp3) is 0.500. The molecule has 9 heteroatoms. The summed E-state index contributed by atoms with van der Waals surface area (Å²) in [6.07, 6.45) is 4.33. The number of nitrogens with one attached hydrogen (secondary N) is 1. The summed E-state index contributed by atoms with van der Waals surface area (Å²) in [6.45, 7) is 3.85. The average Bonchev–Trinajstić information content (AvgIpc) is 3.25. The minimum atomic E-state index is -0.119. The number of thioether (sulfide) groups is 1. The first-order valence-corrected chi connectivity index (χ1v) is 12.3. The number of hydrogen-bond acceptors (Lipinski definition) is 5. The van der Waals surface area contributed by atoms with Crippen LogP contribution in [0.25, 0.3) is 0 Å². The van der Waals surface area contributed by atoms with Crippen molar-refractivity contribution in [2.75, 3.05) is 18.1 Å². The molecule has 0 spiro atoms. The predicted octanol–water partition coefficient (Wildman–Crippen LogP) is 5.43. The molecule has 0 aromatic heterocycles. The van der Waals surface area contributed by atoms with Crippen LogP contribution in [0, 0.1) is 5.92 Å². The van der Waals surface area contributed by atoms with Gasteiger partial charge in [0, 0.05) is 33.8 Å². The summed E-state index contributed by atoms with van der Waals surface area (Å²) in [5, 5.41) is 12.2. The third-order valence-electron chi connectivity index (χ3n) is 5.59. The lowest BCUT2D eigenvalue weighted by atomic mass is 9.93. The molecule has 1 amide bonds. The van der Waals surface area contributed by atoms with Gasteiger partial charge in [0.1, 0.15) is 5.71 Å². The van der Waals surface area contributed by atoms with Crippen molar-refractivity contribution in [3.8, 4) is 0 Å². The number of rotatable bonds is 4. The third-order valence-corrected chi connectivity index (χ3v) is 8.20. The Labute approximate surface area is 193 Å². The second kappa shape index (κ2) is 9.18. The van der Waals surface area contributed by atoms with Crippen LogP contribution in [-0.2, 0) is 4.79 Å². The van der Waals surface area contributed by atoms with Crippen LogP contribution in [0.15, 0.2) is 33.2 Å². The number of allylic oxidation sites excluding steroid dienone is 1. The van der Waals surface area contributed by atoms with Gasteiger partial charge in [-0.2, -0.15) is 5.10 Å². The number of halogens is 3. The molecule has 1 fully saturated rings. The van der Waals surface area contributed by atoms with E-state index in [-0.39, 0.29) is 23.1 Å². The van der Waals surface area contributed by atoms with E-state index in [0.717, 1.165) is 38.0 Å². The molecule has 156 valence electrons. The van der Waals surface area contributed by atoms with Crippen molar-refractivity contribution in [2.45, 2.75) is 43.9 Å². The molecular formula is C20H23BrCl2N4OS. The lowest BCUT2D eigenvalue weighted by Crippen LogP contribution is -2.49. The maximum Gasteiger partial charge on any atom is 0.282 e. The van der Waals surface area contributed by atoms with E-state index in [1.54, 1.807) is 17.8 Å².